The predicted molar refractivity (Wildman–Crippen MR) is 112 cm³/mol. The molecule has 0 heterocycles. The summed E-state index contributed by atoms with van der Waals surface area (Å²) in [6, 6.07) is 31.7. The Bertz CT molecular complexity index is 1050. The van der Waals surface area contributed by atoms with E-state index in [0.717, 1.165) is 17.6 Å². The van der Waals surface area contributed by atoms with Crippen LogP contribution < -0.4 is 4.90 Å². The Labute approximate surface area is 164 Å². The van der Waals surface area contributed by atoms with Crippen molar-refractivity contribution >= 4 is 23.2 Å². The normalized spacial score (nSPS) is 10.9. The highest BCUT2D eigenvalue weighted by molar-refractivity contribution is 5.98. The van der Waals surface area contributed by atoms with Gasteiger partial charge in [0.2, 0.25) is 0 Å². The van der Waals surface area contributed by atoms with Crippen LogP contribution in [0.4, 0.5) is 11.4 Å². The molecule has 0 saturated carbocycles. The van der Waals surface area contributed by atoms with Gasteiger partial charge in [0.15, 0.2) is 0 Å². The highest BCUT2D eigenvalue weighted by Gasteiger charge is 2.12. The zero-order valence-electron chi connectivity index (χ0n) is 15.2. The molecular weight excluding hydrogens is 344 g/mol. The molecular formula is C24H18N4. The first kappa shape index (κ1) is 18.6. The van der Waals surface area contributed by atoms with E-state index < -0.39 is 0 Å². The van der Waals surface area contributed by atoms with Crippen LogP contribution in [-0.2, 0) is 6.54 Å². The number of hydrogen-bond donors (Lipinski definition) is 1. The lowest BCUT2D eigenvalue weighted by atomic mass is 10.0. The molecule has 0 aromatic heterocycles. The second-order valence-electron chi connectivity index (χ2n) is 6.11. The van der Waals surface area contributed by atoms with E-state index in [0.29, 0.717) is 12.1 Å². The Morgan fingerprint density at radius 3 is 1.89 bits per heavy atom. The third-order valence-electron chi connectivity index (χ3n) is 4.36. The second kappa shape index (κ2) is 8.98. The van der Waals surface area contributed by atoms with Gasteiger partial charge in [-0.2, -0.15) is 10.5 Å². The fourth-order valence-electron chi connectivity index (χ4n) is 2.95. The van der Waals surface area contributed by atoms with Crippen LogP contribution in [0.1, 0.15) is 11.1 Å². The third kappa shape index (κ3) is 4.15. The van der Waals surface area contributed by atoms with Gasteiger partial charge in [0.25, 0.3) is 0 Å². The molecule has 0 amide bonds. The quantitative estimate of drug-likeness (QED) is 0.466. The molecule has 0 bridgehead atoms. The lowest BCUT2D eigenvalue weighted by Gasteiger charge is -2.25. The Hall–Kier alpha value is -4.15. The summed E-state index contributed by atoms with van der Waals surface area (Å²) in [5.41, 5.74) is 4.11. The summed E-state index contributed by atoms with van der Waals surface area (Å²) in [4.78, 5) is 2.19. The van der Waals surface area contributed by atoms with E-state index in [-0.39, 0.29) is 11.1 Å². The summed E-state index contributed by atoms with van der Waals surface area (Å²) in [5.74, 6) is 0. The summed E-state index contributed by atoms with van der Waals surface area (Å²) in [6.07, 6.45) is 0.915. The first-order chi connectivity index (χ1) is 13.8. The highest BCUT2D eigenvalue weighted by Crippen LogP contribution is 2.29. The van der Waals surface area contributed by atoms with Crippen LogP contribution in [0.3, 0.4) is 0 Å². The van der Waals surface area contributed by atoms with E-state index in [9.17, 15) is 5.26 Å². The molecule has 3 aromatic carbocycles. The molecule has 0 spiro atoms. The van der Waals surface area contributed by atoms with Gasteiger partial charge in [-0.3, -0.25) is 0 Å². The van der Waals surface area contributed by atoms with Gasteiger partial charge in [0, 0.05) is 24.1 Å². The number of para-hydroxylation sites is 1. The van der Waals surface area contributed by atoms with Gasteiger partial charge in [-0.1, -0.05) is 60.7 Å². The fraction of sp³-hybridized carbons (Fsp3) is 0.0417. The van der Waals surface area contributed by atoms with Crippen molar-refractivity contribution in [2.45, 2.75) is 6.54 Å². The molecule has 0 aliphatic heterocycles. The first-order valence-electron chi connectivity index (χ1n) is 8.78. The maximum absolute atomic E-state index is 9.39. The van der Waals surface area contributed by atoms with Crippen LogP contribution in [0, 0.1) is 28.1 Å². The molecule has 3 aromatic rings. The zero-order chi connectivity index (χ0) is 19.8. The van der Waals surface area contributed by atoms with Crippen molar-refractivity contribution in [1.29, 1.82) is 15.9 Å². The van der Waals surface area contributed by atoms with Gasteiger partial charge in [-0.25, -0.2) is 0 Å². The predicted octanol–water partition coefficient (Wildman–Crippen LogP) is 5.48. The Morgan fingerprint density at radius 1 is 0.786 bits per heavy atom. The van der Waals surface area contributed by atoms with Crippen LogP contribution >= 0.6 is 0 Å². The molecule has 0 radical (unpaired) electrons. The number of nitriles is 2. The number of nitrogens with zero attached hydrogens (tertiary/aromatic N) is 3. The number of anilines is 2. The Balaban J connectivity index is 2.00. The smallest absolute Gasteiger partial charge is 0.102 e. The molecule has 3 rings (SSSR count). The number of benzene rings is 3. The first-order valence-corrected chi connectivity index (χ1v) is 8.78. The number of rotatable bonds is 6. The van der Waals surface area contributed by atoms with Crippen LogP contribution in [0.5, 0.6) is 0 Å². The molecule has 0 unspecified atom stereocenters. The maximum Gasteiger partial charge on any atom is 0.102 e. The summed E-state index contributed by atoms with van der Waals surface area (Å²) in [7, 11) is 0. The van der Waals surface area contributed by atoms with Crippen molar-refractivity contribution in [2.75, 3.05) is 4.90 Å². The topological polar surface area (TPSA) is 74.7 Å². The van der Waals surface area contributed by atoms with Gasteiger partial charge in [0.05, 0.1) is 11.1 Å². The number of hydrogen-bond acceptors (Lipinski definition) is 4. The van der Waals surface area contributed by atoms with E-state index in [4.69, 9.17) is 10.7 Å². The average molecular weight is 362 g/mol. The molecule has 0 atom stereocenters. The van der Waals surface area contributed by atoms with Crippen LogP contribution in [-0.4, -0.2) is 6.21 Å². The fourth-order valence-corrected chi connectivity index (χ4v) is 2.95. The van der Waals surface area contributed by atoms with E-state index >= 15 is 0 Å². The monoisotopic (exact) mass is 362 g/mol. The van der Waals surface area contributed by atoms with Gasteiger partial charge >= 0.3 is 0 Å². The molecule has 0 saturated heterocycles. The second-order valence-corrected chi connectivity index (χ2v) is 6.11. The van der Waals surface area contributed by atoms with E-state index in [1.54, 1.807) is 0 Å². The lowest BCUT2D eigenvalue weighted by molar-refractivity contribution is 0.975. The third-order valence-corrected chi connectivity index (χ3v) is 4.36. The standard InChI is InChI=1S/C24H18N4/c25-15-21(16-26)24(17-27)20-11-13-23(14-12-20)28(22-9-5-2-6-10-22)18-19-7-3-1-4-8-19/h1-15,25H,18H2/b24-21-,25-15?. The summed E-state index contributed by atoms with van der Waals surface area (Å²) in [6.45, 7) is 0.703. The van der Waals surface area contributed by atoms with Gasteiger partial charge in [-0.15, -0.1) is 0 Å². The van der Waals surface area contributed by atoms with Gasteiger partial charge < -0.3 is 10.3 Å². The van der Waals surface area contributed by atoms with E-state index in [1.165, 1.54) is 5.56 Å². The van der Waals surface area contributed by atoms with Gasteiger partial charge in [-0.05, 0) is 35.4 Å². The Morgan fingerprint density at radius 2 is 1.36 bits per heavy atom. The van der Waals surface area contributed by atoms with Gasteiger partial charge in [0.1, 0.15) is 12.1 Å². The number of allylic oxidation sites excluding steroid dienone is 2. The molecule has 4 nitrogen and oxygen atoms in total. The van der Waals surface area contributed by atoms with Crippen molar-refractivity contribution in [3.05, 3.63) is 102 Å². The average Bonchev–Trinajstić information content (AvgIpc) is 2.77. The summed E-state index contributed by atoms with van der Waals surface area (Å²) in [5, 5.41) is 25.8. The summed E-state index contributed by atoms with van der Waals surface area (Å²) >= 11 is 0. The van der Waals surface area contributed by atoms with E-state index in [1.807, 2.05) is 72.8 Å². The molecule has 1 N–H and O–H groups in total. The van der Waals surface area contributed by atoms with Crippen molar-refractivity contribution in [3.63, 3.8) is 0 Å². The minimum Gasteiger partial charge on any atom is -0.337 e. The van der Waals surface area contributed by atoms with Crippen molar-refractivity contribution < 1.29 is 0 Å². The van der Waals surface area contributed by atoms with Crippen molar-refractivity contribution in [1.82, 2.24) is 0 Å². The van der Waals surface area contributed by atoms with Crippen LogP contribution in [0.25, 0.3) is 5.57 Å². The molecule has 0 aliphatic rings. The van der Waals surface area contributed by atoms with Crippen molar-refractivity contribution in [3.8, 4) is 12.1 Å². The largest absolute Gasteiger partial charge is 0.337 e. The van der Waals surface area contributed by atoms with E-state index in [2.05, 4.69) is 29.2 Å². The lowest BCUT2D eigenvalue weighted by Crippen LogP contribution is -2.16. The SMILES string of the molecule is N#C/C(C=N)=C(/C#N)c1ccc(N(Cc2ccccc2)c2ccccc2)cc1. The van der Waals surface area contributed by atoms with Crippen LogP contribution in [0.15, 0.2) is 90.5 Å². The zero-order valence-corrected chi connectivity index (χ0v) is 15.2. The molecule has 0 fully saturated rings. The maximum atomic E-state index is 9.39. The summed E-state index contributed by atoms with van der Waals surface area (Å²) < 4.78 is 0. The Kier molecular flexibility index (Phi) is 5.98. The van der Waals surface area contributed by atoms with Crippen LogP contribution in [0.2, 0.25) is 0 Å². The molecule has 4 heteroatoms. The molecule has 0 aliphatic carbocycles. The minimum atomic E-state index is 0.0550. The molecule has 28 heavy (non-hydrogen) atoms. The minimum absolute atomic E-state index is 0.0550. The molecule has 134 valence electrons. The number of nitrogens with one attached hydrogen (secondary N) is 1. The van der Waals surface area contributed by atoms with Crippen molar-refractivity contribution in [2.24, 2.45) is 0 Å². The highest BCUT2D eigenvalue weighted by atomic mass is 15.1.